The van der Waals surface area contributed by atoms with Crippen molar-refractivity contribution in [3.8, 4) is 0 Å². The van der Waals surface area contributed by atoms with Crippen LogP contribution in [0.15, 0.2) is 33.0 Å². The van der Waals surface area contributed by atoms with Gasteiger partial charge in [0, 0.05) is 0 Å². The molecule has 0 amide bonds. The third-order valence-corrected chi connectivity index (χ3v) is 7.84. The standard InChI is InChI=1S/C15H21SSi.2ClH.Ti/c1-15(2,12-8-6-7-9-12)14-13(10-11-16-14)17(3,4)5;;;/h6,8,10-11H,7H2,1-5H3;2*1H;/q;;;+2/p-2. The van der Waals surface area contributed by atoms with E-state index >= 15 is 0 Å². The first kappa shape index (κ1) is 20.7. The first-order valence-electron chi connectivity index (χ1n) is 6.45. The van der Waals surface area contributed by atoms with Crippen molar-refractivity contribution in [2.45, 2.75) is 45.3 Å². The van der Waals surface area contributed by atoms with E-state index in [4.69, 9.17) is 0 Å². The van der Waals surface area contributed by atoms with E-state index in [1.54, 1.807) is 10.1 Å². The van der Waals surface area contributed by atoms with Crippen molar-refractivity contribution < 1.29 is 45.2 Å². The molecule has 2 rings (SSSR count). The van der Waals surface area contributed by atoms with Gasteiger partial charge in [0.2, 0.25) is 0 Å². The molecule has 5 heteroatoms. The van der Waals surface area contributed by atoms with Crippen LogP contribution in [0.25, 0.3) is 0 Å². The van der Waals surface area contributed by atoms with Crippen LogP contribution in [-0.2, 0) is 25.9 Å². The number of rotatable bonds is 3. The van der Waals surface area contributed by atoms with Crippen molar-refractivity contribution in [2.24, 2.45) is 0 Å². The van der Waals surface area contributed by atoms with E-state index in [-0.39, 0.29) is 30.2 Å². The molecule has 1 aromatic rings. The molecule has 0 radical (unpaired) electrons. The molecular weight excluding hydrogens is 359 g/mol. The molecule has 0 aromatic carbocycles. The topological polar surface area (TPSA) is 0 Å². The second kappa shape index (κ2) is 7.30. The van der Waals surface area contributed by atoms with E-state index in [1.807, 2.05) is 11.3 Å². The van der Waals surface area contributed by atoms with E-state index < -0.39 is 8.07 Å². The molecule has 0 saturated carbocycles. The Labute approximate surface area is 152 Å². The van der Waals surface area contributed by atoms with Gasteiger partial charge in [-0.3, -0.25) is 0 Å². The van der Waals surface area contributed by atoms with Gasteiger partial charge in [0.1, 0.15) is 0 Å². The molecule has 0 fully saturated rings. The summed E-state index contributed by atoms with van der Waals surface area (Å²) in [5.41, 5.74) is 1.70. The van der Waals surface area contributed by atoms with Crippen LogP contribution in [0.5, 0.6) is 0 Å². The molecule has 0 atom stereocenters. The summed E-state index contributed by atoms with van der Waals surface area (Å²) in [5, 5.41) is 3.91. The van der Waals surface area contributed by atoms with Crippen LogP contribution in [0.3, 0.4) is 0 Å². The van der Waals surface area contributed by atoms with Crippen molar-refractivity contribution in [1.82, 2.24) is 0 Å². The van der Waals surface area contributed by atoms with E-state index in [2.05, 4.69) is 77.5 Å². The normalized spacial score (nSPS) is 15.2. The Morgan fingerprint density at radius 1 is 1.20 bits per heavy atom. The molecule has 1 heterocycles. The van der Waals surface area contributed by atoms with E-state index in [1.165, 1.54) is 9.45 Å². The minimum absolute atomic E-state index is 0. The van der Waals surface area contributed by atoms with Gasteiger partial charge in [-0.25, -0.2) is 0 Å². The van der Waals surface area contributed by atoms with Crippen molar-refractivity contribution in [2.75, 3.05) is 0 Å². The zero-order valence-corrected chi connectivity index (χ0v) is 17.6. The van der Waals surface area contributed by atoms with Gasteiger partial charge in [0.15, 0.2) is 0 Å². The molecule has 20 heavy (non-hydrogen) atoms. The van der Waals surface area contributed by atoms with Crippen LogP contribution in [-0.4, -0.2) is 8.07 Å². The van der Waals surface area contributed by atoms with Gasteiger partial charge in [-0.05, 0) is 0 Å². The largest absolute Gasteiger partial charge is 1.00 e. The van der Waals surface area contributed by atoms with Crippen LogP contribution < -0.4 is 30.0 Å². The van der Waals surface area contributed by atoms with Crippen LogP contribution in [0, 0.1) is 0 Å². The Kier molecular flexibility index (Phi) is 7.56. The van der Waals surface area contributed by atoms with Crippen molar-refractivity contribution in [3.63, 3.8) is 0 Å². The number of halogens is 2. The summed E-state index contributed by atoms with van der Waals surface area (Å²) in [6.07, 6.45) is 5.77. The minimum atomic E-state index is -1.24. The summed E-state index contributed by atoms with van der Waals surface area (Å²) < 4.78 is 1.54. The maximum absolute atomic E-state index is 2.44. The SMILES string of the molecule is CC(C)(C1=[C]([Ti+2])CC=C1)c1sccc1[Si](C)(C)C.[Cl-].[Cl-]. The van der Waals surface area contributed by atoms with Gasteiger partial charge in [-0.1, -0.05) is 0 Å². The maximum Gasteiger partial charge on any atom is -1.00 e. The summed E-state index contributed by atoms with van der Waals surface area (Å²) in [6, 6.07) is 2.36. The maximum atomic E-state index is 2.44. The Morgan fingerprint density at radius 2 is 1.80 bits per heavy atom. The molecule has 0 unspecified atom stereocenters. The molecule has 1 aliphatic rings. The average Bonchev–Trinajstić information content (AvgIpc) is 2.83. The average molecular weight is 380 g/mol. The van der Waals surface area contributed by atoms with Crippen LogP contribution >= 0.6 is 11.3 Å². The molecule has 109 valence electrons. The minimum Gasteiger partial charge on any atom is -1.00 e. The Morgan fingerprint density at radius 3 is 2.25 bits per heavy atom. The van der Waals surface area contributed by atoms with Gasteiger partial charge < -0.3 is 24.8 Å². The molecule has 0 saturated heterocycles. The van der Waals surface area contributed by atoms with E-state index in [0.29, 0.717) is 0 Å². The molecule has 1 aliphatic carbocycles. The van der Waals surface area contributed by atoms with Gasteiger partial charge in [-0.15, -0.1) is 0 Å². The second-order valence-electron chi connectivity index (χ2n) is 6.54. The molecule has 0 N–H and O–H groups in total. The van der Waals surface area contributed by atoms with Gasteiger partial charge >= 0.3 is 128 Å². The Bertz CT molecular complexity index is 524. The molecule has 0 spiro atoms. The van der Waals surface area contributed by atoms with E-state index in [9.17, 15) is 0 Å². The monoisotopic (exact) mass is 379 g/mol. The number of hydrogen-bond acceptors (Lipinski definition) is 1. The fraction of sp³-hybridized carbons (Fsp3) is 0.467. The molecular formula is C15H21Cl2SSiTi. The van der Waals surface area contributed by atoms with Crippen LogP contribution in [0.2, 0.25) is 19.6 Å². The van der Waals surface area contributed by atoms with Gasteiger partial charge in [0.05, 0.1) is 0 Å². The van der Waals surface area contributed by atoms with Crippen molar-refractivity contribution in [1.29, 1.82) is 0 Å². The van der Waals surface area contributed by atoms with Crippen molar-refractivity contribution >= 4 is 24.6 Å². The third-order valence-electron chi connectivity index (χ3n) is 3.65. The first-order chi connectivity index (χ1) is 8.24. The van der Waals surface area contributed by atoms with Crippen LogP contribution in [0.1, 0.15) is 25.1 Å². The number of thiophene rings is 1. The summed E-state index contributed by atoms with van der Waals surface area (Å²) in [4.78, 5) is 1.59. The molecule has 1 aromatic heterocycles. The predicted octanol–water partition coefficient (Wildman–Crippen LogP) is -1.66. The Hall–Kier alpha value is 0.691. The zero-order chi connectivity index (χ0) is 13.6. The van der Waals surface area contributed by atoms with Crippen molar-refractivity contribution in [3.05, 3.63) is 37.9 Å². The fourth-order valence-corrected chi connectivity index (χ4v) is 7.13. The van der Waals surface area contributed by atoms with Crippen LogP contribution in [0.4, 0.5) is 0 Å². The summed E-state index contributed by atoms with van der Waals surface area (Å²) >= 11 is 4.22. The Balaban J connectivity index is 0.00000180. The fourth-order valence-electron chi connectivity index (χ4n) is 2.60. The summed E-state index contributed by atoms with van der Waals surface area (Å²) in [6.45, 7) is 12.1. The number of hydrogen-bond donors (Lipinski definition) is 0. The smallest absolute Gasteiger partial charge is 1.00 e. The zero-order valence-electron chi connectivity index (χ0n) is 12.7. The summed E-state index contributed by atoms with van der Waals surface area (Å²) in [5.74, 6) is 0. The summed E-state index contributed by atoms with van der Waals surface area (Å²) in [7, 11) is -1.24. The number of allylic oxidation sites excluding steroid dienone is 4. The molecule has 0 bridgehead atoms. The van der Waals surface area contributed by atoms with Gasteiger partial charge in [-0.2, -0.15) is 0 Å². The second-order valence-corrected chi connectivity index (χ2v) is 13.4. The molecule has 0 aliphatic heterocycles. The third kappa shape index (κ3) is 3.91. The van der Waals surface area contributed by atoms with Gasteiger partial charge in [0.25, 0.3) is 0 Å². The molecule has 0 nitrogen and oxygen atoms in total. The first-order valence-corrected chi connectivity index (χ1v) is 11.6. The van der Waals surface area contributed by atoms with E-state index in [0.717, 1.165) is 6.42 Å². The quantitative estimate of drug-likeness (QED) is 0.551. The predicted molar refractivity (Wildman–Crippen MR) is 81.1 cm³/mol.